The summed E-state index contributed by atoms with van der Waals surface area (Å²) < 4.78 is 44.8. The van der Waals surface area contributed by atoms with E-state index in [9.17, 15) is 18.0 Å². The van der Waals surface area contributed by atoms with Gasteiger partial charge in [0.25, 0.3) is 0 Å². The summed E-state index contributed by atoms with van der Waals surface area (Å²) in [7, 11) is 1.30. The molecule has 0 aliphatic heterocycles. The third-order valence-corrected chi connectivity index (χ3v) is 1.39. The van der Waals surface area contributed by atoms with E-state index in [1.54, 1.807) is 0 Å². The highest BCUT2D eigenvalue weighted by Crippen LogP contribution is 2.21. The van der Waals surface area contributed by atoms with Crippen molar-refractivity contribution in [2.24, 2.45) is 7.05 Å². The first-order valence-electron chi connectivity index (χ1n) is 3.92. The van der Waals surface area contributed by atoms with Crippen LogP contribution in [0.5, 0.6) is 11.8 Å². The number of alkyl halides is 3. The van der Waals surface area contributed by atoms with Gasteiger partial charge in [-0.05, 0) is 0 Å². The molecule has 0 saturated heterocycles. The normalized spacial score (nSPS) is 11.2. The summed E-state index contributed by atoms with van der Waals surface area (Å²) in [5.74, 6) is -0.597. The summed E-state index contributed by atoms with van der Waals surface area (Å²) in [5.41, 5.74) is 0. The summed E-state index contributed by atoms with van der Waals surface area (Å²) in [6, 6.07) is 0.944. The first kappa shape index (κ1) is 12.1. The van der Waals surface area contributed by atoms with Crippen LogP contribution in [0.1, 0.15) is 0 Å². The van der Waals surface area contributed by atoms with Gasteiger partial charge in [-0.2, -0.15) is 13.2 Å². The van der Waals surface area contributed by atoms with Gasteiger partial charge in [0.05, 0.1) is 6.07 Å². The molecule has 0 bridgehead atoms. The van der Waals surface area contributed by atoms with E-state index in [2.05, 4.69) is 14.6 Å². The summed E-state index contributed by atoms with van der Waals surface area (Å²) in [4.78, 5) is 10.2. The number of carbonyl (C=O) groups is 1. The lowest BCUT2D eigenvalue weighted by atomic mass is 10.6. The SMILES string of the molecule is Cn1nc(OCC(F)(F)F)cc1OC(=O)O. The number of aryl methyl sites for hydroxylation is 1. The van der Waals surface area contributed by atoms with Crippen molar-refractivity contribution in [1.29, 1.82) is 0 Å². The molecule has 0 atom stereocenters. The molecule has 0 radical (unpaired) electrons. The fourth-order valence-corrected chi connectivity index (χ4v) is 0.836. The molecule has 1 aromatic rings. The van der Waals surface area contributed by atoms with Crippen LogP contribution in [0.3, 0.4) is 0 Å². The molecule has 0 aliphatic rings. The van der Waals surface area contributed by atoms with Crippen LogP contribution in [0.4, 0.5) is 18.0 Å². The zero-order chi connectivity index (χ0) is 12.3. The molecule has 0 spiro atoms. The van der Waals surface area contributed by atoms with Gasteiger partial charge in [-0.25, -0.2) is 9.48 Å². The number of nitrogens with zero attached hydrogens (tertiary/aromatic N) is 2. The minimum Gasteiger partial charge on any atom is -0.467 e. The maximum Gasteiger partial charge on any atom is 0.512 e. The van der Waals surface area contributed by atoms with Crippen LogP contribution in [0, 0.1) is 0 Å². The molecule has 0 unspecified atom stereocenters. The van der Waals surface area contributed by atoms with E-state index in [1.807, 2.05) is 0 Å². The van der Waals surface area contributed by atoms with Crippen LogP contribution < -0.4 is 9.47 Å². The van der Waals surface area contributed by atoms with E-state index >= 15 is 0 Å². The van der Waals surface area contributed by atoms with Crippen LogP contribution >= 0.6 is 0 Å². The van der Waals surface area contributed by atoms with Crippen LogP contribution in [0.25, 0.3) is 0 Å². The third kappa shape index (κ3) is 3.67. The molecule has 9 heteroatoms. The van der Waals surface area contributed by atoms with Crippen molar-refractivity contribution < 1.29 is 32.5 Å². The summed E-state index contributed by atoms with van der Waals surface area (Å²) in [5, 5.41) is 11.7. The highest BCUT2D eigenvalue weighted by atomic mass is 19.4. The molecule has 0 saturated carbocycles. The van der Waals surface area contributed by atoms with Gasteiger partial charge in [-0.3, -0.25) is 0 Å². The van der Waals surface area contributed by atoms with Crippen LogP contribution in [0.2, 0.25) is 0 Å². The van der Waals surface area contributed by atoms with Gasteiger partial charge in [-0.15, -0.1) is 5.10 Å². The Morgan fingerprint density at radius 2 is 2.25 bits per heavy atom. The largest absolute Gasteiger partial charge is 0.512 e. The quantitative estimate of drug-likeness (QED) is 0.808. The molecule has 1 heterocycles. The molecule has 1 N–H and O–H groups in total. The van der Waals surface area contributed by atoms with Crippen molar-refractivity contribution in [3.8, 4) is 11.8 Å². The van der Waals surface area contributed by atoms with Crippen molar-refractivity contribution in [3.05, 3.63) is 6.07 Å². The van der Waals surface area contributed by atoms with Crippen LogP contribution in [-0.2, 0) is 7.05 Å². The number of hydrogen-bond acceptors (Lipinski definition) is 4. The van der Waals surface area contributed by atoms with E-state index in [0.29, 0.717) is 0 Å². The molecule has 0 aromatic carbocycles. The molecule has 1 aromatic heterocycles. The van der Waals surface area contributed by atoms with Crippen molar-refractivity contribution in [2.75, 3.05) is 6.61 Å². The Morgan fingerprint density at radius 3 is 2.75 bits per heavy atom. The van der Waals surface area contributed by atoms with Crippen LogP contribution in [-0.4, -0.2) is 33.8 Å². The first-order valence-corrected chi connectivity index (χ1v) is 3.92. The molecule has 1 rings (SSSR count). The van der Waals surface area contributed by atoms with Crippen molar-refractivity contribution in [2.45, 2.75) is 6.18 Å². The number of aromatic nitrogens is 2. The lowest BCUT2D eigenvalue weighted by Crippen LogP contribution is -2.19. The number of rotatable bonds is 3. The standard InChI is InChI=1S/C7H7F3N2O4/c1-12-5(16-6(13)14)2-4(11-12)15-3-7(8,9)10/h2H,3H2,1H3,(H,13,14). The monoisotopic (exact) mass is 240 g/mol. The van der Waals surface area contributed by atoms with Gasteiger partial charge in [0.1, 0.15) is 0 Å². The number of carboxylic acid groups (broad SMARTS) is 1. The van der Waals surface area contributed by atoms with Crippen molar-refractivity contribution in [1.82, 2.24) is 9.78 Å². The molecule has 16 heavy (non-hydrogen) atoms. The van der Waals surface area contributed by atoms with Crippen LogP contribution in [0.15, 0.2) is 6.07 Å². The number of halogens is 3. The molecule has 6 nitrogen and oxygen atoms in total. The maximum atomic E-state index is 11.8. The Bertz CT molecular complexity index is 387. The Hall–Kier alpha value is -1.93. The number of ether oxygens (including phenoxy) is 2. The second kappa shape index (κ2) is 4.29. The Balaban J connectivity index is 2.66. The van der Waals surface area contributed by atoms with Gasteiger partial charge in [-0.1, -0.05) is 0 Å². The van der Waals surface area contributed by atoms with E-state index in [4.69, 9.17) is 5.11 Å². The predicted octanol–water partition coefficient (Wildman–Crippen LogP) is 1.42. The number of hydrogen-bond donors (Lipinski definition) is 1. The van der Waals surface area contributed by atoms with Crippen molar-refractivity contribution in [3.63, 3.8) is 0 Å². The fraction of sp³-hybridized carbons (Fsp3) is 0.429. The Labute approximate surface area is 87.2 Å². The summed E-state index contributed by atoms with van der Waals surface area (Å²) in [6.45, 7) is -1.50. The van der Waals surface area contributed by atoms with Gasteiger partial charge in [0.2, 0.25) is 11.8 Å². The first-order chi connectivity index (χ1) is 7.28. The fourth-order valence-electron chi connectivity index (χ4n) is 0.836. The average Bonchev–Trinajstić information content (AvgIpc) is 2.42. The third-order valence-electron chi connectivity index (χ3n) is 1.39. The molecular weight excluding hydrogens is 233 g/mol. The van der Waals surface area contributed by atoms with E-state index in [-0.39, 0.29) is 11.8 Å². The smallest absolute Gasteiger partial charge is 0.467 e. The molecular formula is C7H7F3N2O4. The maximum absolute atomic E-state index is 11.8. The van der Waals surface area contributed by atoms with E-state index in [0.717, 1.165) is 10.7 Å². The average molecular weight is 240 g/mol. The highest BCUT2D eigenvalue weighted by molar-refractivity contribution is 5.60. The van der Waals surface area contributed by atoms with Gasteiger partial charge < -0.3 is 14.6 Å². The molecule has 0 amide bonds. The van der Waals surface area contributed by atoms with Gasteiger partial charge >= 0.3 is 12.3 Å². The zero-order valence-electron chi connectivity index (χ0n) is 7.98. The molecule has 0 fully saturated rings. The zero-order valence-corrected chi connectivity index (χ0v) is 7.98. The van der Waals surface area contributed by atoms with E-state index in [1.165, 1.54) is 7.05 Å². The second-order valence-corrected chi connectivity index (χ2v) is 2.72. The summed E-state index contributed by atoms with van der Waals surface area (Å²) >= 11 is 0. The lowest BCUT2D eigenvalue weighted by molar-refractivity contribution is -0.154. The Morgan fingerprint density at radius 1 is 1.62 bits per heavy atom. The topological polar surface area (TPSA) is 73.6 Å². The summed E-state index contributed by atoms with van der Waals surface area (Å²) in [6.07, 6.45) is -6.07. The minimum atomic E-state index is -4.48. The van der Waals surface area contributed by atoms with Gasteiger partial charge in [0, 0.05) is 7.05 Å². The second-order valence-electron chi connectivity index (χ2n) is 2.72. The highest BCUT2D eigenvalue weighted by Gasteiger charge is 2.29. The predicted molar refractivity (Wildman–Crippen MR) is 43.4 cm³/mol. The molecule has 0 aliphatic carbocycles. The minimum absolute atomic E-state index is 0.232. The Kier molecular flexibility index (Phi) is 3.25. The lowest BCUT2D eigenvalue weighted by Gasteiger charge is -2.05. The van der Waals surface area contributed by atoms with E-state index < -0.39 is 18.9 Å². The molecule has 90 valence electrons. The van der Waals surface area contributed by atoms with Crippen molar-refractivity contribution >= 4 is 6.16 Å². The van der Waals surface area contributed by atoms with Gasteiger partial charge in [0.15, 0.2) is 6.61 Å².